The van der Waals surface area contributed by atoms with Gasteiger partial charge in [-0.2, -0.15) is 0 Å². The van der Waals surface area contributed by atoms with Crippen LogP contribution in [0.5, 0.6) is 0 Å². The molecule has 4 rings (SSSR count). The van der Waals surface area contributed by atoms with E-state index in [0.717, 1.165) is 31.4 Å². The van der Waals surface area contributed by atoms with Crippen LogP contribution in [-0.2, 0) is 33.4 Å². The van der Waals surface area contributed by atoms with Crippen molar-refractivity contribution in [2.45, 2.75) is 76.3 Å². The lowest BCUT2D eigenvalue weighted by molar-refractivity contribution is -0.122. The fourth-order valence-electron chi connectivity index (χ4n) is 5.23. The summed E-state index contributed by atoms with van der Waals surface area (Å²) in [6.07, 6.45) is 2.69. The fraction of sp³-hybridized carbons (Fsp3) is 0.406. The molecule has 2 atom stereocenters. The Labute approximate surface area is 252 Å². The molecule has 2 N–H and O–H groups in total. The fourth-order valence-corrected chi connectivity index (χ4v) is 7.28. The van der Waals surface area contributed by atoms with E-state index in [0.29, 0.717) is 16.1 Å². The highest BCUT2D eigenvalue weighted by molar-refractivity contribution is 7.90. The molecule has 0 spiro atoms. The molecule has 0 saturated heterocycles. The van der Waals surface area contributed by atoms with E-state index >= 15 is 0 Å². The van der Waals surface area contributed by atoms with Gasteiger partial charge in [-0.05, 0) is 92.1 Å². The molecule has 3 aromatic carbocycles. The van der Waals surface area contributed by atoms with Crippen molar-refractivity contribution in [2.24, 2.45) is 0 Å². The molecule has 220 valence electrons. The number of benzene rings is 3. The zero-order chi connectivity index (χ0) is 29.8. The summed E-state index contributed by atoms with van der Waals surface area (Å²) in [6, 6.07) is 16.6. The predicted octanol–water partition coefficient (Wildman–Crippen LogP) is 7.30. The predicted molar refractivity (Wildman–Crippen MR) is 165 cm³/mol. The van der Waals surface area contributed by atoms with Crippen molar-refractivity contribution in [1.29, 1.82) is 0 Å². The molecule has 0 aliphatic heterocycles. The highest BCUT2D eigenvalue weighted by Gasteiger charge is 2.27. The molecule has 0 radical (unpaired) electrons. The molecule has 5 nitrogen and oxygen atoms in total. The van der Waals surface area contributed by atoms with Gasteiger partial charge in [0.15, 0.2) is 9.84 Å². The third kappa shape index (κ3) is 9.27. The molecule has 1 aliphatic carbocycles. The van der Waals surface area contributed by atoms with Gasteiger partial charge in [0.1, 0.15) is 5.82 Å². The van der Waals surface area contributed by atoms with E-state index in [4.69, 9.17) is 23.2 Å². The highest BCUT2D eigenvalue weighted by Crippen LogP contribution is 2.32. The summed E-state index contributed by atoms with van der Waals surface area (Å²) in [5.74, 6) is -1.81. The largest absolute Gasteiger partial charge is 0.349 e. The number of hydrogen-bond acceptors (Lipinski definition) is 4. The van der Waals surface area contributed by atoms with Crippen molar-refractivity contribution in [1.82, 2.24) is 10.6 Å². The molecule has 9 heteroatoms. The Morgan fingerprint density at radius 2 is 1.71 bits per heavy atom. The van der Waals surface area contributed by atoms with Crippen LogP contribution >= 0.6 is 23.2 Å². The van der Waals surface area contributed by atoms with Gasteiger partial charge in [-0.1, -0.05) is 59.6 Å². The van der Waals surface area contributed by atoms with Crippen molar-refractivity contribution in [3.05, 3.63) is 104 Å². The van der Waals surface area contributed by atoms with E-state index in [2.05, 4.69) is 49.6 Å². The summed E-state index contributed by atoms with van der Waals surface area (Å²) in [5, 5.41) is 7.29. The van der Waals surface area contributed by atoms with Gasteiger partial charge in [-0.15, -0.1) is 0 Å². The summed E-state index contributed by atoms with van der Waals surface area (Å²) in [4.78, 5) is 13.4. The van der Waals surface area contributed by atoms with Gasteiger partial charge in [0, 0.05) is 24.4 Å². The summed E-state index contributed by atoms with van der Waals surface area (Å²) in [7, 11) is -3.65. The maximum absolute atomic E-state index is 13.7. The van der Waals surface area contributed by atoms with E-state index in [1.165, 1.54) is 29.3 Å². The minimum Gasteiger partial charge on any atom is -0.349 e. The zero-order valence-corrected chi connectivity index (χ0v) is 26.0. The average Bonchev–Trinajstić information content (AvgIpc) is 2.89. The van der Waals surface area contributed by atoms with Crippen LogP contribution in [0.1, 0.15) is 79.8 Å². The number of halogens is 3. The smallest absolute Gasteiger partial charge is 0.221 e. The van der Waals surface area contributed by atoms with Crippen molar-refractivity contribution < 1.29 is 17.6 Å². The summed E-state index contributed by atoms with van der Waals surface area (Å²) < 4.78 is 40.2. The molecule has 41 heavy (non-hydrogen) atoms. The third-order valence-corrected chi connectivity index (χ3v) is 9.70. The second kappa shape index (κ2) is 13.2. The molecule has 1 amide bonds. The molecular weight excluding hydrogens is 582 g/mol. The molecule has 0 bridgehead atoms. The Kier molecular flexibility index (Phi) is 10.2. The Morgan fingerprint density at radius 1 is 1.00 bits per heavy atom. The number of sulfone groups is 1. The maximum atomic E-state index is 13.7. The van der Waals surface area contributed by atoms with Crippen LogP contribution in [0.4, 0.5) is 4.39 Å². The molecule has 0 unspecified atom stereocenters. The van der Waals surface area contributed by atoms with Crippen LogP contribution in [0.25, 0.3) is 0 Å². The van der Waals surface area contributed by atoms with E-state index < -0.39 is 21.6 Å². The monoisotopic (exact) mass is 618 g/mol. The van der Waals surface area contributed by atoms with Crippen molar-refractivity contribution in [3.63, 3.8) is 0 Å². The maximum Gasteiger partial charge on any atom is 0.221 e. The Bertz CT molecular complexity index is 1490. The first-order valence-electron chi connectivity index (χ1n) is 13.8. The van der Waals surface area contributed by atoms with Gasteiger partial charge in [0.2, 0.25) is 5.91 Å². The number of aryl methyl sites for hydroxylation is 1. The minimum atomic E-state index is -3.65. The highest BCUT2D eigenvalue weighted by atomic mass is 35.5. The molecule has 0 fully saturated rings. The first-order chi connectivity index (χ1) is 19.3. The quantitative estimate of drug-likeness (QED) is 0.250. The second-order valence-corrected chi connectivity index (χ2v) is 14.8. The van der Waals surface area contributed by atoms with Gasteiger partial charge >= 0.3 is 0 Å². The number of carbonyl (C=O) groups excluding carboxylic acids is 1. The van der Waals surface area contributed by atoms with Crippen LogP contribution in [0.2, 0.25) is 10.0 Å². The Hall–Kier alpha value is -2.45. The van der Waals surface area contributed by atoms with Gasteiger partial charge in [0.05, 0.1) is 27.6 Å². The van der Waals surface area contributed by atoms with E-state index in [9.17, 15) is 17.6 Å². The number of rotatable bonds is 10. The molecule has 0 aromatic heterocycles. The molecule has 3 aromatic rings. The second-order valence-electron chi connectivity index (χ2n) is 11.9. The van der Waals surface area contributed by atoms with E-state index in [1.54, 1.807) is 24.3 Å². The van der Waals surface area contributed by atoms with Crippen LogP contribution in [-0.4, -0.2) is 25.6 Å². The summed E-state index contributed by atoms with van der Waals surface area (Å²) in [5.41, 5.74) is 4.66. The summed E-state index contributed by atoms with van der Waals surface area (Å²) in [6.45, 7) is 7.17. The van der Waals surface area contributed by atoms with Crippen molar-refractivity contribution >= 4 is 38.9 Å². The number of hydrogen-bond donors (Lipinski definition) is 2. The number of fused-ring (bicyclic) bond motifs is 1. The standard InChI is InChI=1S/C32H37Cl2FN2O3S/c1-32(2,3)36-18-21-7-13-27-24(15-21)5-4-6-30(27)37-31(38)17-25(23-9-11-26(35)12-10-23)20-41(39,40)19-22-8-14-28(33)29(34)16-22/h7-16,25,30,36H,4-6,17-20H2,1-3H3,(H,37,38)/t25-,30+/m0/s1. The third-order valence-electron chi connectivity index (χ3n) is 7.28. The minimum absolute atomic E-state index is 0.0167. The van der Waals surface area contributed by atoms with Crippen LogP contribution in [0.3, 0.4) is 0 Å². The SMILES string of the molecule is CC(C)(C)NCc1ccc2c(c1)CCC[C@H]2NC(=O)C[C@@H](CS(=O)(=O)Cc1ccc(Cl)c(Cl)c1)c1ccc(F)cc1. The number of amides is 1. The number of nitrogens with one attached hydrogen (secondary N) is 2. The number of carbonyl (C=O) groups is 1. The van der Waals surface area contributed by atoms with Crippen molar-refractivity contribution in [3.8, 4) is 0 Å². The molecular formula is C32H37Cl2FN2O3S. The first-order valence-corrected chi connectivity index (χ1v) is 16.4. The van der Waals surface area contributed by atoms with E-state index in [1.807, 2.05) is 0 Å². The van der Waals surface area contributed by atoms with Gasteiger partial charge < -0.3 is 10.6 Å². The average molecular weight is 620 g/mol. The van der Waals surface area contributed by atoms with Crippen LogP contribution in [0, 0.1) is 5.82 Å². The molecule has 1 aliphatic rings. The molecule has 0 saturated carbocycles. The Morgan fingerprint density at radius 3 is 2.39 bits per heavy atom. The lowest BCUT2D eigenvalue weighted by Crippen LogP contribution is -2.35. The normalized spacial score (nSPS) is 16.2. The first kappa shape index (κ1) is 31.5. The van der Waals surface area contributed by atoms with Gasteiger partial charge in [-0.3, -0.25) is 4.79 Å². The van der Waals surface area contributed by atoms with Crippen LogP contribution in [0.15, 0.2) is 60.7 Å². The van der Waals surface area contributed by atoms with Crippen molar-refractivity contribution in [2.75, 3.05) is 5.75 Å². The van der Waals surface area contributed by atoms with Crippen LogP contribution < -0.4 is 10.6 Å². The van der Waals surface area contributed by atoms with Gasteiger partial charge in [0.25, 0.3) is 0 Å². The van der Waals surface area contributed by atoms with Gasteiger partial charge in [-0.25, -0.2) is 12.8 Å². The van der Waals surface area contributed by atoms with E-state index in [-0.39, 0.29) is 40.4 Å². The lowest BCUT2D eigenvalue weighted by atomic mass is 9.86. The molecule has 0 heterocycles. The summed E-state index contributed by atoms with van der Waals surface area (Å²) >= 11 is 12.1. The lowest BCUT2D eigenvalue weighted by Gasteiger charge is -2.28. The zero-order valence-electron chi connectivity index (χ0n) is 23.6. The Balaban J connectivity index is 1.48. The topological polar surface area (TPSA) is 75.3 Å².